The first-order chi connectivity index (χ1) is 40.7. The number of ether oxygens (including phenoxy) is 5. The van der Waals surface area contributed by atoms with Gasteiger partial charge in [0.15, 0.2) is 0 Å². The van der Waals surface area contributed by atoms with Crippen molar-refractivity contribution in [2.45, 2.75) is 226 Å². The molecule has 7 N–H and O–H groups in total. The van der Waals surface area contributed by atoms with Crippen molar-refractivity contribution >= 4 is 30.1 Å². The van der Waals surface area contributed by atoms with E-state index in [0.29, 0.717) is 30.2 Å². The van der Waals surface area contributed by atoms with Crippen LogP contribution in [0.25, 0.3) is 0 Å². The molecule has 0 aromatic heterocycles. The number of hydrogen-bond acceptors (Lipinski definition) is 16. The Morgan fingerprint density at radius 1 is 0.398 bits per heavy atom. The van der Waals surface area contributed by atoms with Crippen LogP contribution in [0.2, 0.25) is 0 Å². The number of nitrogens with two attached hydrogens (primary N) is 1. The minimum Gasteiger partial charge on any atom is -0.463 e. The first-order valence-electron chi connectivity index (χ1n) is 35.1. The van der Waals surface area contributed by atoms with Crippen molar-refractivity contribution in [2.24, 2.45) is 125 Å². The summed E-state index contributed by atoms with van der Waals surface area (Å²) in [5.41, 5.74) is 6.07. The van der Waals surface area contributed by atoms with Crippen LogP contribution in [0.3, 0.4) is 0 Å². The maximum Gasteiger partial charge on any atom is 0.285 e. The van der Waals surface area contributed by atoms with Gasteiger partial charge in [0, 0.05) is 36.8 Å². The van der Waals surface area contributed by atoms with Crippen molar-refractivity contribution in [3.8, 4) is 0 Å². The normalized spacial score (nSPS) is 39.7. The van der Waals surface area contributed by atoms with Gasteiger partial charge in [-0.25, -0.2) is 25.0 Å². The fourth-order valence-electron chi connectivity index (χ4n) is 19.6. The highest BCUT2D eigenvalue weighted by atomic mass is 16.5. The Labute approximate surface area is 502 Å². The van der Waals surface area contributed by atoms with Crippen molar-refractivity contribution in [1.29, 1.82) is 0 Å². The van der Waals surface area contributed by atoms with E-state index in [2.05, 4.69) is 100 Å². The topological polar surface area (TPSA) is 194 Å². The summed E-state index contributed by atoms with van der Waals surface area (Å²) in [6, 6.07) is 7.11. The molecule has 83 heavy (non-hydrogen) atoms. The smallest absolute Gasteiger partial charge is 0.285 e. The van der Waals surface area contributed by atoms with Crippen molar-refractivity contribution in [1.82, 2.24) is 26.6 Å². The van der Waals surface area contributed by atoms with Gasteiger partial charge in [-0.15, -0.1) is 0 Å². The molecule has 0 radical (unpaired) electrons. The van der Waals surface area contributed by atoms with E-state index in [-0.39, 0.29) is 0 Å². The van der Waals surface area contributed by atoms with Crippen LogP contribution in [0.1, 0.15) is 196 Å². The molecular formula is C67H117N11O5. The maximum absolute atomic E-state index is 6.07. The summed E-state index contributed by atoms with van der Waals surface area (Å²) in [5, 5.41) is 17.4. The highest BCUT2D eigenvalue weighted by Gasteiger charge is 2.51. The molecule has 5 aliphatic heterocycles. The predicted octanol–water partition coefficient (Wildman–Crippen LogP) is 10.7. The summed E-state index contributed by atoms with van der Waals surface area (Å²) < 4.78 is 27.1. The van der Waals surface area contributed by atoms with Crippen LogP contribution in [0.4, 0.5) is 0 Å². The average molecular weight is 1160 g/mol. The first kappa shape index (κ1) is 62.4. The molecule has 20 atom stereocenters. The first-order valence-corrected chi connectivity index (χ1v) is 35.1. The third kappa shape index (κ3) is 15.5. The van der Waals surface area contributed by atoms with E-state index in [0.717, 1.165) is 197 Å². The molecule has 20 unspecified atom stereocenters. The zero-order valence-corrected chi connectivity index (χ0v) is 53.0. The Balaban J connectivity index is 0.000000112. The van der Waals surface area contributed by atoms with Crippen LogP contribution in [0.5, 0.6) is 0 Å². The Morgan fingerprint density at radius 3 is 1.10 bits per heavy atom. The predicted molar refractivity (Wildman–Crippen MR) is 337 cm³/mol. The average Bonchev–Trinajstić information content (AvgIpc) is 4.45. The van der Waals surface area contributed by atoms with Crippen LogP contribution in [-0.2, 0) is 23.7 Å². The molecule has 0 aromatic carbocycles. The zero-order chi connectivity index (χ0) is 57.7. The third-order valence-corrected chi connectivity index (χ3v) is 23.3. The van der Waals surface area contributed by atoms with Crippen molar-refractivity contribution in [3.63, 3.8) is 0 Å². The molecule has 470 valence electrons. The van der Waals surface area contributed by atoms with Gasteiger partial charge in [-0.1, -0.05) is 80.6 Å². The Hall–Kier alpha value is -3.69. The molecule has 10 aliphatic carbocycles. The van der Waals surface area contributed by atoms with Gasteiger partial charge in [0.2, 0.25) is 0 Å². The monoisotopic (exact) mass is 1160 g/mol. The number of aliphatic imine (C=N–C) groups is 5. The summed E-state index contributed by atoms with van der Waals surface area (Å²) in [6.07, 6.45) is 31.9. The zero-order valence-electron chi connectivity index (χ0n) is 53.0. The van der Waals surface area contributed by atoms with E-state index >= 15 is 0 Å². The summed E-state index contributed by atoms with van der Waals surface area (Å²) >= 11 is 0. The third-order valence-electron chi connectivity index (χ3n) is 23.3. The van der Waals surface area contributed by atoms with Gasteiger partial charge in [-0.3, -0.25) is 0 Å². The van der Waals surface area contributed by atoms with Gasteiger partial charge in [-0.05, 0) is 210 Å². The number of fused-ring (bicyclic) bond motifs is 10. The van der Waals surface area contributed by atoms with Crippen LogP contribution in [0.15, 0.2) is 25.0 Å². The highest BCUT2D eigenvalue weighted by molar-refractivity contribution is 5.77. The molecule has 16 nitrogen and oxygen atoms in total. The van der Waals surface area contributed by atoms with E-state index in [4.69, 9.17) is 29.4 Å². The van der Waals surface area contributed by atoms with Crippen LogP contribution in [-0.4, -0.2) is 133 Å². The Morgan fingerprint density at radius 2 is 0.735 bits per heavy atom. The fourth-order valence-corrected chi connectivity index (χ4v) is 19.6. The van der Waals surface area contributed by atoms with Crippen LogP contribution in [0, 0.1) is 94.7 Å². The molecule has 10 bridgehead atoms. The molecule has 15 aliphatic rings. The molecule has 0 aromatic rings. The van der Waals surface area contributed by atoms with E-state index < -0.39 is 0 Å². The van der Waals surface area contributed by atoms with Crippen molar-refractivity contribution in [3.05, 3.63) is 0 Å². The Kier molecular flexibility index (Phi) is 23.1. The lowest BCUT2D eigenvalue weighted by Crippen LogP contribution is -2.45. The number of nitrogens with one attached hydrogen (secondary N) is 5. The molecule has 0 amide bonds. The quantitative estimate of drug-likeness (QED) is 0.0907. The lowest BCUT2D eigenvalue weighted by molar-refractivity contribution is 0.198. The lowest BCUT2D eigenvalue weighted by Gasteiger charge is -2.34. The minimum absolute atomic E-state index is 0.559. The summed E-state index contributed by atoms with van der Waals surface area (Å²) in [7, 11) is 0. The summed E-state index contributed by atoms with van der Waals surface area (Å²) in [4.78, 5) is 21.5. The number of amidine groups is 5. The van der Waals surface area contributed by atoms with Crippen LogP contribution >= 0.6 is 0 Å². The van der Waals surface area contributed by atoms with E-state index in [1.54, 1.807) is 0 Å². The van der Waals surface area contributed by atoms with Crippen LogP contribution < -0.4 is 32.3 Å². The molecule has 10 saturated carbocycles. The maximum atomic E-state index is 6.07. The van der Waals surface area contributed by atoms with Crippen molar-refractivity contribution in [2.75, 3.05) is 72.3 Å². The second-order valence-electron chi connectivity index (χ2n) is 28.3. The number of unbranched alkanes of at least 4 members (excludes halogenated alkanes) is 1. The second kappa shape index (κ2) is 30.8. The Bertz CT molecular complexity index is 2100. The van der Waals surface area contributed by atoms with Gasteiger partial charge < -0.3 is 56.0 Å². The van der Waals surface area contributed by atoms with Gasteiger partial charge in [0.05, 0.1) is 32.7 Å². The van der Waals surface area contributed by atoms with Gasteiger partial charge in [0.25, 0.3) is 30.1 Å². The fraction of sp³-hybridized carbons (Fsp3) is 0.925. The molecule has 15 rings (SSSR count). The largest absolute Gasteiger partial charge is 0.463 e. The van der Waals surface area contributed by atoms with Gasteiger partial charge >= 0.3 is 0 Å². The summed E-state index contributed by atoms with van der Waals surface area (Å²) in [6.45, 7) is 25.0. The molecule has 0 spiro atoms. The van der Waals surface area contributed by atoms with E-state index in [1.807, 2.05) is 0 Å². The highest BCUT2D eigenvalue weighted by Crippen LogP contribution is 2.54. The number of nitrogens with zero attached hydrogens (tertiary/aromatic N) is 5. The molecular weight excluding hydrogens is 1040 g/mol. The summed E-state index contributed by atoms with van der Waals surface area (Å²) in [5.74, 6) is 14.4. The molecule has 10 fully saturated rings. The number of hydrogen-bond donors (Lipinski definition) is 6. The second-order valence-corrected chi connectivity index (χ2v) is 28.3. The molecule has 0 saturated heterocycles. The molecule has 5 heterocycles. The van der Waals surface area contributed by atoms with E-state index in [1.165, 1.54) is 148 Å². The van der Waals surface area contributed by atoms with Gasteiger partial charge in [0.1, 0.15) is 33.0 Å². The lowest BCUT2D eigenvalue weighted by atomic mass is 9.77. The van der Waals surface area contributed by atoms with E-state index in [9.17, 15) is 0 Å². The minimum atomic E-state index is 0.559. The number of rotatable bonds is 14. The van der Waals surface area contributed by atoms with Crippen molar-refractivity contribution < 1.29 is 23.7 Å². The standard InChI is InChI=1S/3C13H22N2O.C12H20N2O.C9H17N.C7H14N2O/c1-8(2)11-9-3-4-10(7-9)12(11)15-13-14-5-6-16-13;2*1-2-3-11-9-4-5-10(8-9)12(11)15-13-14-6-7-16-13;1-2-10-8-3-4-9(7-8)11(10)14-12-13-5-6-15-12;1-2-8-6-3-4-7(5-6)9(8)10;1-2-3-4-8-7-9-5-6-10-7/h8-12H,3-7H2,1-2H3,(H,14,15);2*9-12H,2-8H2,1H3,(H,14,15);8-11H,2-7H2,1H3,(H,13,14);6-9H,2-5,10H2,1H3;2-6H2,1H3,(H,8,9). The SMILES string of the molecule is CC(C)C1C2CCC(C2)C1NC1=NCCO1.CCC1C2CCC(C2)C1N.CCC1C2CCC(C2)C1NC1=NCCO1.CCCC1C2CCC(C2)C1NC1=NCCO1.CCCC1C2CCC(C2)C1NC1=NCCO1.CCCCNC1=NCCO1. The molecule has 16 heteroatoms. The van der Waals surface area contributed by atoms with Gasteiger partial charge in [-0.2, -0.15) is 0 Å².